The van der Waals surface area contributed by atoms with Gasteiger partial charge in [-0.3, -0.25) is 4.98 Å². The van der Waals surface area contributed by atoms with Gasteiger partial charge in [0.05, 0.1) is 18.2 Å². The van der Waals surface area contributed by atoms with Crippen LogP contribution in [0.2, 0.25) is 0 Å². The summed E-state index contributed by atoms with van der Waals surface area (Å²) in [5.74, 6) is -0.533. The molecule has 0 saturated heterocycles. The van der Waals surface area contributed by atoms with E-state index in [9.17, 15) is 4.79 Å². The van der Waals surface area contributed by atoms with Gasteiger partial charge >= 0.3 is 5.76 Å². The van der Waals surface area contributed by atoms with Crippen molar-refractivity contribution >= 4 is 27.0 Å². The Morgan fingerprint density at radius 3 is 3.00 bits per heavy atom. The summed E-state index contributed by atoms with van der Waals surface area (Å²) in [5.41, 5.74) is 7.25. The van der Waals surface area contributed by atoms with Crippen LogP contribution in [0.15, 0.2) is 25.8 Å². The molecule has 0 saturated carbocycles. The van der Waals surface area contributed by atoms with Crippen molar-refractivity contribution in [3.05, 3.63) is 32.7 Å². The normalized spacial score (nSPS) is 13.3. The molecular weight excluding hydrogens is 264 g/mol. The van der Waals surface area contributed by atoms with Crippen molar-refractivity contribution in [1.29, 1.82) is 0 Å². The highest BCUT2D eigenvalue weighted by atomic mass is 79.9. The van der Waals surface area contributed by atoms with Crippen molar-refractivity contribution < 1.29 is 9.52 Å². The van der Waals surface area contributed by atoms with E-state index in [-0.39, 0.29) is 6.61 Å². The number of halogens is 1. The third-order valence-corrected chi connectivity index (χ3v) is 2.57. The topological polar surface area (TPSA) is 92.2 Å². The predicted molar refractivity (Wildman–Crippen MR) is 58.5 cm³/mol. The summed E-state index contributed by atoms with van der Waals surface area (Å²) in [7, 11) is 0. The second-order valence-electron chi connectivity index (χ2n) is 3.18. The number of nitrogens with one attached hydrogen (secondary N) is 1. The summed E-state index contributed by atoms with van der Waals surface area (Å²) < 4.78 is 5.72. The van der Waals surface area contributed by atoms with E-state index in [2.05, 4.69) is 20.9 Å². The number of H-pyrrole nitrogens is 1. The van der Waals surface area contributed by atoms with Gasteiger partial charge in [0.25, 0.3) is 0 Å². The molecule has 0 aliphatic heterocycles. The number of aromatic amines is 1. The first-order chi connectivity index (χ1) is 7.11. The first-order valence-electron chi connectivity index (χ1n) is 4.30. The number of aliphatic hydroxyl groups is 1. The summed E-state index contributed by atoms with van der Waals surface area (Å²) in [6, 6.07) is 2.87. The Labute approximate surface area is 93.0 Å². The van der Waals surface area contributed by atoms with Gasteiger partial charge in [0.2, 0.25) is 0 Å². The van der Waals surface area contributed by atoms with E-state index in [0.29, 0.717) is 16.7 Å². The standard InChI is InChI=1S/C9H9BrN2O3/c10-4-1-5(6(11)3-13)8-7(2-4)12-9(14)15-8/h1-2,6,13H,3,11H2,(H,12,14). The average Bonchev–Trinajstić information content (AvgIpc) is 2.55. The lowest BCUT2D eigenvalue weighted by atomic mass is 10.1. The molecule has 0 radical (unpaired) electrons. The minimum absolute atomic E-state index is 0.208. The summed E-state index contributed by atoms with van der Waals surface area (Å²) in [5, 5.41) is 8.98. The third kappa shape index (κ3) is 1.83. The molecule has 0 aliphatic carbocycles. The van der Waals surface area contributed by atoms with Crippen molar-refractivity contribution in [2.45, 2.75) is 6.04 Å². The molecular formula is C9H9BrN2O3. The van der Waals surface area contributed by atoms with E-state index >= 15 is 0 Å². The maximum atomic E-state index is 11.0. The second kappa shape index (κ2) is 3.80. The van der Waals surface area contributed by atoms with Crippen molar-refractivity contribution in [2.24, 2.45) is 5.73 Å². The van der Waals surface area contributed by atoms with Gasteiger partial charge in [-0.15, -0.1) is 0 Å². The van der Waals surface area contributed by atoms with E-state index in [4.69, 9.17) is 15.3 Å². The molecule has 5 nitrogen and oxygen atoms in total. The van der Waals surface area contributed by atoms with Crippen LogP contribution in [0, 0.1) is 0 Å². The second-order valence-corrected chi connectivity index (χ2v) is 4.09. The lowest BCUT2D eigenvalue weighted by molar-refractivity contribution is 0.268. The molecule has 6 heteroatoms. The van der Waals surface area contributed by atoms with Crippen LogP contribution in [0.25, 0.3) is 11.1 Å². The molecule has 4 N–H and O–H groups in total. The molecule has 0 amide bonds. The van der Waals surface area contributed by atoms with Crippen molar-refractivity contribution in [2.75, 3.05) is 6.61 Å². The summed E-state index contributed by atoms with van der Waals surface area (Å²) in [6.45, 7) is -0.208. The lowest BCUT2D eigenvalue weighted by Crippen LogP contribution is -2.14. The van der Waals surface area contributed by atoms with E-state index in [1.165, 1.54) is 0 Å². The number of aliphatic hydroxyl groups excluding tert-OH is 1. The number of aromatic nitrogens is 1. The molecule has 0 fully saturated rings. The molecule has 0 spiro atoms. The van der Waals surface area contributed by atoms with Crippen molar-refractivity contribution in [3.8, 4) is 0 Å². The molecule has 2 aromatic rings. The van der Waals surface area contributed by atoms with Crippen LogP contribution in [0.4, 0.5) is 0 Å². The third-order valence-electron chi connectivity index (χ3n) is 2.11. The monoisotopic (exact) mass is 272 g/mol. The largest absolute Gasteiger partial charge is 0.417 e. The van der Waals surface area contributed by atoms with Gasteiger partial charge in [-0.1, -0.05) is 15.9 Å². The van der Waals surface area contributed by atoms with E-state index < -0.39 is 11.8 Å². The zero-order valence-corrected chi connectivity index (χ0v) is 9.24. The molecule has 1 unspecified atom stereocenters. The number of oxazole rings is 1. The highest BCUT2D eigenvalue weighted by Crippen LogP contribution is 2.25. The van der Waals surface area contributed by atoms with Gasteiger partial charge in [-0.2, -0.15) is 0 Å². The van der Waals surface area contributed by atoms with Crippen molar-refractivity contribution in [1.82, 2.24) is 4.98 Å². The minimum Gasteiger partial charge on any atom is -0.407 e. The molecule has 0 bridgehead atoms. The quantitative estimate of drug-likeness (QED) is 0.757. The highest BCUT2D eigenvalue weighted by Gasteiger charge is 2.14. The van der Waals surface area contributed by atoms with Crippen LogP contribution in [-0.4, -0.2) is 16.7 Å². The van der Waals surface area contributed by atoms with Crippen LogP contribution in [0.1, 0.15) is 11.6 Å². The molecule has 1 aromatic carbocycles. The Kier molecular flexibility index (Phi) is 2.64. The Morgan fingerprint density at radius 1 is 1.60 bits per heavy atom. The number of rotatable bonds is 2. The number of hydrogen-bond acceptors (Lipinski definition) is 4. The number of fused-ring (bicyclic) bond motifs is 1. The van der Waals surface area contributed by atoms with E-state index in [1.54, 1.807) is 12.1 Å². The molecule has 1 aromatic heterocycles. The maximum absolute atomic E-state index is 11.0. The molecule has 80 valence electrons. The van der Waals surface area contributed by atoms with Crippen LogP contribution < -0.4 is 11.5 Å². The summed E-state index contributed by atoms with van der Waals surface area (Å²) in [6.07, 6.45) is 0. The Balaban J connectivity index is 2.75. The summed E-state index contributed by atoms with van der Waals surface area (Å²) >= 11 is 3.29. The molecule has 2 rings (SSSR count). The van der Waals surface area contributed by atoms with Crippen LogP contribution in [0.3, 0.4) is 0 Å². The number of nitrogens with two attached hydrogens (primary N) is 1. The van der Waals surface area contributed by atoms with Crippen LogP contribution >= 0.6 is 15.9 Å². The zero-order valence-electron chi connectivity index (χ0n) is 7.66. The lowest BCUT2D eigenvalue weighted by Gasteiger charge is -2.08. The minimum atomic E-state index is -0.566. The van der Waals surface area contributed by atoms with Crippen LogP contribution in [-0.2, 0) is 0 Å². The first-order valence-corrected chi connectivity index (χ1v) is 5.10. The Hall–Kier alpha value is -1.11. The Bertz CT molecular complexity index is 546. The smallest absolute Gasteiger partial charge is 0.407 e. The SMILES string of the molecule is NC(CO)c1cc(Br)cc2[nH]c(=O)oc12. The predicted octanol–water partition coefficient (Wildman–Crippen LogP) is 0.876. The van der Waals surface area contributed by atoms with E-state index in [0.717, 1.165) is 4.47 Å². The van der Waals surface area contributed by atoms with Gasteiger partial charge in [0.15, 0.2) is 5.58 Å². The van der Waals surface area contributed by atoms with Crippen molar-refractivity contribution in [3.63, 3.8) is 0 Å². The van der Waals surface area contributed by atoms with Gasteiger partial charge < -0.3 is 15.3 Å². The highest BCUT2D eigenvalue weighted by molar-refractivity contribution is 9.10. The van der Waals surface area contributed by atoms with Gasteiger partial charge in [-0.25, -0.2) is 4.79 Å². The maximum Gasteiger partial charge on any atom is 0.417 e. The fraction of sp³-hybridized carbons (Fsp3) is 0.222. The molecule has 1 atom stereocenters. The zero-order chi connectivity index (χ0) is 11.0. The van der Waals surface area contributed by atoms with Gasteiger partial charge in [0.1, 0.15) is 0 Å². The molecule has 0 aliphatic rings. The average molecular weight is 273 g/mol. The van der Waals surface area contributed by atoms with E-state index in [1.807, 2.05) is 0 Å². The van der Waals surface area contributed by atoms with Gasteiger partial charge in [-0.05, 0) is 12.1 Å². The van der Waals surface area contributed by atoms with Gasteiger partial charge in [0, 0.05) is 10.0 Å². The van der Waals surface area contributed by atoms with Crippen LogP contribution in [0.5, 0.6) is 0 Å². The molecule has 15 heavy (non-hydrogen) atoms. The number of benzene rings is 1. The Morgan fingerprint density at radius 2 is 2.33 bits per heavy atom. The fourth-order valence-electron chi connectivity index (χ4n) is 1.42. The fourth-order valence-corrected chi connectivity index (χ4v) is 1.90. The first kappa shape index (κ1) is 10.4. The number of hydrogen-bond donors (Lipinski definition) is 3. The summed E-state index contributed by atoms with van der Waals surface area (Å²) in [4.78, 5) is 13.6. The molecule has 1 heterocycles.